The molecule has 0 spiro atoms. The van der Waals surface area contributed by atoms with E-state index in [1.807, 2.05) is 37.3 Å². The van der Waals surface area contributed by atoms with Crippen LogP contribution in [0, 0.1) is 0 Å². The first kappa shape index (κ1) is 16.6. The summed E-state index contributed by atoms with van der Waals surface area (Å²) in [5.41, 5.74) is 2.37. The molecule has 0 radical (unpaired) electrons. The van der Waals surface area contributed by atoms with Crippen molar-refractivity contribution in [1.82, 2.24) is 20.0 Å². The Morgan fingerprint density at radius 2 is 2.17 bits per heavy atom. The third-order valence-corrected chi connectivity index (χ3v) is 4.81. The molecule has 1 aromatic heterocycles. The molecule has 1 saturated heterocycles. The summed E-state index contributed by atoms with van der Waals surface area (Å²) in [6.45, 7) is 2.86. The van der Waals surface area contributed by atoms with Gasteiger partial charge in [0.2, 0.25) is 0 Å². The maximum atomic E-state index is 12.6. The maximum Gasteiger partial charge on any atom is 0.318 e. The van der Waals surface area contributed by atoms with Gasteiger partial charge in [-0.3, -0.25) is 4.68 Å². The van der Waals surface area contributed by atoms with Gasteiger partial charge in [-0.1, -0.05) is 30.3 Å². The van der Waals surface area contributed by atoms with Gasteiger partial charge in [0.25, 0.3) is 0 Å². The molecule has 1 aliphatic rings. The van der Waals surface area contributed by atoms with Crippen LogP contribution in [0.1, 0.15) is 43.4 Å². The largest absolute Gasteiger partial charge is 0.331 e. The van der Waals surface area contributed by atoms with Gasteiger partial charge in [0.05, 0.1) is 12.2 Å². The smallest absolute Gasteiger partial charge is 0.318 e. The first-order valence-corrected chi connectivity index (χ1v) is 8.73. The Kier molecular flexibility index (Phi) is 5.18. The molecule has 128 valence electrons. The van der Waals surface area contributed by atoms with Crippen LogP contribution in [0.15, 0.2) is 42.7 Å². The fourth-order valence-electron chi connectivity index (χ4n) is 3.40. The summed E-state index contributed by atoms with van der Waals surface area (Å²) in [6, 6.07) is 10.9. The quantitative estimate of drug-likeness (QED) is 0.916. The summed E-state index contributed by atoms with van der Waals surface area (Å²) in [4.78, 5) is 14.7. The van der Waals surface area contributed by atoms with Crippen LogP contribution < -0.4 is 5.32 Å². The molecule has 2 aromatic rings. The predicted octanol–water partition coefficient (Wildman–Crippen LogP) is 3.29. The number of benzene rings is 1. The second-order valence-electron chi connectivity index (χ2n) is 6.63. The Balaban J connectivity index is 1.55. The van der Waals surface area contributed by atoms with E-state index in [9.17, 15) is 4.79 Å². The lowest BCUT2D eigenvalue weighted by Gasteiger charge is -2.26. The monoisotopic (exact) mass is 326 g/mol. The van der Waals surface area contributed by atoms with E-state index in [0.29, 0.717) is 6.04 Å². The Labute approximate surface area is 143 Å². The van der Waals surface area contributed by atoms with Gasteiger partial charge in [0.1, 0.15) is 0 Å². The molecule has 5 heteroatoms. The molecule has 1 N–H and O–H groups in total. The molecular weight excluding hydrogens is 300 g/mol. The van der Waals surface area contributed by atoms with Crippen LogP contribution in [0.5, 0.6) is 0 Å². The van der Waals surface area contributed by atoms with Crippen molar-refractivity contribution in [3.05, 3.63) is 53.9 Å². The number of rotatable bonds is 5. The molecule has 0 bridgehead atoms. The van der Waals surface area contributed by atoms with Crippen LogP contribution in [0.2, 0.25) is 0 Å². The van der Waals surface area contributed by atoms with Crippen LogP contribution in [-0.2, 0) is 13.5 Å². The topological polar surface area (TPSA) is 50.2 Å². The number of aryl methyl sites for hydroxylation is 2. The first-order valence-electron chi connectivity index (χ1n) is 8.73. The van der Waals surface area contributed by atoms with Gasteiger partial charge >= 0.3 is 6.03 Å². The van der Waals surface area contributed by atoms with Crippen LogP contribution in [0.4, 0.5) is 4.79 Å². The lowest BCUT2D eigenvalue weighted by molar-refractivity contribution is 0.187. The molecule has 1 fully saturated rings. The van der Waals surface area contributed by atoms with Crippen molar-refractivity contribution in [2.24, 2.45) is 7.05 Å². The number of carbonyl (C=O) groups is 1. The summed E-state index contributed by atoms with van der Waals surface area (Å²) >= 11 is 0. The van der Waals surface area contributed by atoms with Gasteiger partial charge in [-0.2, -0.15) is 5.10 Å². The van der Waals surface area contributed by atoms with Crippen molar-refractivity contribution in [3.63, 3.8) is 0 Å². The highest BCUT2D eigenvalue weighted by Crippen LogP contribution is 2.23. The highest BCUT2D eigenvalue weighted by atomic mass is 16.2. The van der Waals surface area contributed by atoms with E-state index in [1.165, 1.54) is 5.56 Å². The minimum Gasteiger partial charge on any atom is -0.331 e. The van der Waals surface area contributed by atoms with Crippen molar-refractivity contribution < 1.29 is 4.79 Å². The van der Waals surface area contributed by atoms with E-state index in [-0.39, 0.29) is 12.1 Å². The first-order chi connectivity index (χ1) is 11.6. The average molecular weight is 326 g/mol. The minimum absolute atomic E-state index is 0.0263. The number of hydrogen-bond acceptors (Lipinski definition) is 2. The molecule has 0 aliphatic carbocycles. The zero-order chi connectivity index (χ0) is 16.9. The Bertz CT molecular complexity index is 667. The van der Waals surface area contributed by atoms with Crippen molar-refractivity contribution in [2.45, 2.75) is 44.7 Å². The minimum atomic E-state index is -0.0263. The molecule has 1 aromatic carbocycles. The van der Waals surface area contributed by atoms with E-state index in [1.54, 1.807) is 4.68 Å². The van der Waals surface area contributed by atoms with E-state index in [2.05, 4.69) is 34.7 Å². The molecule has 3 rings (SSSR count). The number of nitrogens with one attached hydrogen (secondary N) is 1. The lowest BCUT2D eigenvalue weighted by Crippen LogP contribution is -2.43. The summed E-state index contributed by atoms with van der Waals surface area (Å²) < 4.78 is 1.76. The van der Waals surface area contributed by atoms with Gasteiger partial charge in [-0.15, -0.1) is 0 Å². The highest BCUT2D eigenvalue weighted by Gasteiger charge is 2.29. The SMILES string of the molecule is CC(NC(=O)N1CCCC1CCc1ccccc1)c1cnn(C)c1. The number of aromatic nitrogens is 2. The second-order valence-corrected chi connectivity index (χ2v) is 6.63. The van der Waals surface area contributed by atoms with Crippen LogP contribution in [0.25, 0.3) is 0 Å². The van der Waals surface area contributed by atoms with Crippen LogP contribution >= 0.6 is 0 Å². The van der Waals surface area contributed by atoms with Gasteiger partial charge in [-0.25, -0.2) is 4.79 Å². The molecule has 1 aliphatic heterocycles. The Morgan fingerprint density at radius 3 is 2.88 bits per heavy atom. The van der Waals surface area contributed by atoms with Crippen LogP contribution in [-0.4, -0.2) is 33.3 Å². The summed E-state index contributed by atoms with van der Waals surface area (Å²) in [5.74, 6) is 0. The molecule has 2 atom stereocenters. The fraction of sp³-hybridized carbons (Fsp3) is 0.474. The number of hydrogen-bond donors (Lipinski definition) is 1. The Hall–Kier alpha value is -2.30. The zero-order valence-corrected chi connectivity index (χ0v) is 14.5. The molecule has 0 saturated carbocycles. The van der Waals surface area contributed by atoms with Gasteiger partial charge in [0.15, 0.2) is 0 Å². The van der Waals surface area contributed by atoms with Gasteiger partial charge in [-0.05, 0) is 38.2 Å². The summed E-state index contributed by atoms with van der Waals surface area (Å²) in [7, 11) is 1.89. The highest BCUT2D eigenvalue weighted by molar-refractivity contribution is 5.75. The van der Waals surface area contributed by atoms with Crippen molar-refractivity contribution >= 4 is 6.03 Å². The maximum absolute atomic E-state index is 12.6. The van der Waals surface area contributed by atoms with Crippen molar-refractivity contribution in [3.8, 4) is 0 Å². The number of carbonyl (C=O) groups excluding carboxylic acids is 1. The van der Waals surface area contributed by atoms with Crippen molar-refractivity contribution in [1.29, 1.82) is 0 Å². The third-order valence-electron chi connectivity index (χ3n) is 4.81. The molecule has 2 unspecified atom stereocenters. The third kappa shape index (κ3) is 3.96. The lowest BCUT2D eigenvalue weighted by atomic mass is 10.0. The fourth-order valence-corrected chi connectivity index (χ4v) is 3.40. The zero-order valence-electron chi connectivity index (χ0n) is 14.5. The number of likely N-dealkylation sites (tertiary alicyclic amines) is 1. The van der Waals surface area contributed by atoms with E-state index in [4.69, 9.17) is 0 Å². The number of nitrogens with zero attached hydrogens (tertiary/aromatic N) is 3. The summed E-state index contributed by atoms with van der Waals surface area (Å²) in [6.07, 6.45) is 7.99. The molecule has 24 heavy (non-hydrogen) atoms. The summed E-state index contributed by atoms with van der Waals surface area (Å²) in [5, 5.41) is 7.29. The van der Waals surface area contributed by atoms with Gasteiger partial charge in [0, 0.05) is 31.4 Å². The normalized spacial score (nSPS) is 18.6. The molecule has 2 amide bonds. The Morgan fingerprint density at radius 1 is 1.38 bits per heavy atom. The molecule has 5 nitrogen and oxygen atoms in total. The van der Waals surface area contributed by atoms with Gasteiger partial charge < -0.3 is 10.2 Å². The molecule has 2 heterocycles. The van der Waals surface area contributed by atoms with Crippen LogP contribution in [0.3, 0.4) is 0 Å². The number of urea groups is 1. The second kappa shape index (κ2) is 7.51. The van der Waals surface area contributed by atoms with E-state index >= 15 is 0 Å². The molecular formula is C19H26N4O. The van der Waals surface area contributed by atoms with Crippen molar-refractivity contribution in [2.75, 3.05) is 6.54 Å². The standard InChI is InChI=1S/C19H26N4O/c1-15(17-13-20-22(2)14-17)21-19(24)23-12-6-9-18(23)11-10-16-7-4-3-5-8-16/h3-5,7-8,13-15,18H,6,9-12H2,1-2H3,(H,21,24). The van der Waals surface area contributed by atoms with E-state index < -0.39 is 0 Å². The van der Waals surface area contributed by atoms with E-state index in [0.717, 1.165) is 37.8 Å². The predicted molar refractivity (Wildman–Crippen MR) is 94.6 cm³/mol. The number of amides is 2. The average Bonchev–Trinajstić information content (AvgIpc) is 3.22.